The number of ether oxygens (including phenoxy) is 2. The molecule has 1 aliphatic rings. The number of benzene rings is 1. The second kappa shape index (κ2) is 5.18. The summed E-state index contributed by atoms with van der Waals surface area (Å²) in [4.78, 5) is 0. The molecular weight excluding hydrogens is 208 g/mol. The molecule has 0 saturated heterocycles. The minimum absolute atomic E-state index is 0.174. The van der Waals surface area contributed by atoms with E-state index in [0.717, 1.165) is 24.2 Å². The average Bonchev–Trinajstić information content (AvgIpc) is 2.76. The number of hydrogen-bond donors (Lipinski definition) is 2. The third kappa shape index (κ3) is 2.46. The summed E-state index contributed by atoms with van der Waals surface area (Å²) in [6.45, 7) is 0.424. The third-order valence-electron chi connectivity index (χ3n) is 2.67. The van der Waals surface area contributed by atoms with Gasteiger partial charge in [-0.25, -0.2) is 0 Å². The van der Waals surface area contributed by atoms with Crippen molar-refractivity contribution in [1.29, 1.82) is 0 Å². The fourth-order valence-electron chi connectivity index (χ4n) is 1.74. The van der Waals surface area contributed by atoms with Crippen LogP contribution >= 0.6 is 0 Å². The van der Waals surface area contributed by atoms with Gasteiger partial charge in [-0.15, -0.1) is 0 Å². The molecule has 1 unspecified atom stereocenters. The molecule has 0 bridgehead atoms. The maximum atomic E-state index is 9.90. The lowest BCUT2D eigenvalue weighted by Crippen LogP contribution is -1.98. The molecule has 1 heterocycles. The van der Waals surface area contributed by atoms with E-state index in [1.54, 1.807) is 0 Å². The zero-order chi connectivity index (χ0) is 11.4. The number of aliphatic hydroxyl groups excluding tert-OH is 2. The highest BCUT2D eigenvalue weighted by atomic mass is 16.7. The number of aliphatic hydroxyl groups is 2. The smallest absolute Gasteiger partial charge is 0.231 e. The fourth-order valence-corrected chi connectivity index (χ4v) is 1.74. The highest BCUT2D eigenvalue weighted by Gasteiger charge is 2.16. The SMILES string of the molecule is OCCCCC(O)c1ccc2c(c1)OCO2. The lowest BCUT2D eigenvalue weighted by Gasteiger charge is -2.10. The standard InChI is InChI=1S/C12H16O4/c13-6-2-1-3-10(14)9-4-5-11-12(7-9)16-8-15-11/h4-5,7,10,13-14H,1-3,6,8H2. The fraction of sp³-hybridized carbons (Fsp3) is 0.500. The average molecular weight is 224 g/mol. The van der Waals surface area contributed by atoms with Gasteiger partial charge >= 0.3 is 0 Å². The molecule has 1 aliphatic heterocycles. The molecule has 0 aliphatic carbocycles. The Morgan fingerprint density at radius 3 is 2.81 bits per heavy atom. The Morgan fingerprint density at radius 1 is 1.19 bits per heavy atom. The Hall–Kier alpha value is -1.26. The van der Waals surface area contributed by atoms with Gasteiger partial charge in [0.2, 0.25) is 6.79 Å². The van der Waals surface area contributed by atoms with Crippen molar-refractivity contribution in [2.45, 2.75) is 25.4 Å². The normalized spacial score (nSPS) is 15.1. The Labute approximate surface area is 94.4 Å². The van der Waals surface area contributed by atoms with E-state index in [2.05, 4.69) is 0 Å². The van der Waals surface area contributed by atoms with Crippen LogP contribution in [0.4, 0.5) is 0 Å². The highest BCUT2D eigenvalue weighted by Crippen LogP contribution is 2.34. The summed E-state index contributed by atoms with van der Waals surface area (Å²) in [5.74, 6) is 1.42. The molecule has 1 aromatic carbocycles. The number of hydrogen-bond acceptors (Lipinski definition) is 4. The number of unbranched alkanes of at least 4 members (excludes halogenated alkanes) is 1. The third-order valence-corrected chi connectivity index (χ3v) is 2.67. The molecule has 2 rings (SSSR count). The van der Waals surface area contributed by atoms with Crippen LogP contribution < -0.4 is 9.47 Å². The molecule has 16 heavy (non-hydrogen) atoms. The molecule has 0 saturated carbocycles. The van der Waals surface area contributed by atoms with Gasteiger partial charge in [-0.3, -0.25) is 0 Å². The van der Waals surface area contributed by atoms with Crippen molar-refractivity contribution in [2.24, 2.45) is 0 Å². The molecule has 2 N–H and O–H groups in total. The van der Waals surface area contributed by atoms with Gasteiger partial charge in [0, 0.05) is 6.61 Å². The van der Waals surface area contributed by atoms with Crippen LogP contribution in [-0.4, -0.2) is 23.6 Å². The van der Waals surface area contributed by atoms with Gasteiger partial charge in [0.15, 0.2) is 11.5 Å². The number of rotatable bonds is 5. The highest BCUT2D eigenvalue weighted by molar-refractivity contribution is 5.44. The summed E-state index contributed by atoms with van der Waals surface area (Å²) >= 11 is 0. The van der Waals surface area contributed by atoms with Gasteiger partial charge in [0.25, 0.3) is 0 Å². The summed E-state index contributed by atoms with van der Waals surface area (Å²) < 4.78 is 10.4. The molecule has 88 valence electrons. The minimum Gasteiger partial charge on any atom is -0.454 e. The lowest BCUT2D eigenvalue weighted by molar-refractivity contribution is 0.158. The largest absolute Gasteiger partial charge is 0.454 e. The molecule has 1 atom stereocenters. The van der Waals surface area contributed by atoms with Crippen molar-refractivity contribution in [3.63, 3.8) is 0 Å². The van der Waals surface area contributed by atoms with E-state index in [9.17, 15) is 5.11 Å². The Morgan fingerprint density at radius 2 is 2.00 bits per heavy atom. The molecule has 1 aromatic rings. The zero-order valence-corrected chi connectivity index (χ0v) is 9.06. The van der Waals surface area contributed by atoms with E-state index in [4.69, 9.17) is 14.6 Å². The van der Waals surface area contributed by atoms with Crippen molar-refractivity contribution in [3.05, 3.63) is 23.8 Å². The summed E-state index contributed by atoms with van der Waals surface area (Å²) in [5, 5.41) is 18.6. The molecule has 0 amide bonds. The first kappa shape index (κ1) is 11.2. The van der Waals surface area contributed by atoms with E-state index in [-0.39, 0.29) is 13.4 Å². The Bertz CT molecular complexity index is 351. The van der Waals surface area contributed by atoms with E-state index >= 15 is 0 Å². The van der Waals surface area contributed by atoms with E-state index in [1.165, 1.54) is 0 Å². The van der Waals surface area contributed by atoms with Crippen LogP contribution in [0.25, 0.3) is 0 Å². The Kier molecular flexibility index (Phi) is 3.64. The molecule has 0 aromatic heterocycles. The Balaban J connectivity index is 1.98. The second-order valence-corrected chi connectivity index (χ2v) is 3.85. The summed E-state index contributed by atoms with van der Waals surface area (Å²) in [5.41, 5.74) is 0.835. The van der Waals surface area contributed by atoms with Gasteiger partial charge in [-0.2, -0.15) is 0 Å². The first-order valence-corrected chi connectivity index (χ1v) is 5.49. The topological polar surface area (TPSA) is 58.9 Å². The maximum absolute atomic E-state index is 9.90. The van der Waals surface area contributed by atoms with Crippen molar-refractivity contribution in [1.82, 2.24) is 0 Å². The maximum Gasteiger partial charge on any atom is 0.231 e. The molecule has 0 spiro atoms. The lowest BCUT2D eigenvalue weighted by atomic mass is 10.0. The van der Waals surface area contributed by atoms with Crippen molar-refractivity contribution in [3.8, 4) is 11.5 Å². The second-order valence-electron chi connectivity index (χ2n) is 3.85. The van der Waals surface area contributed by atoms with Crippen LogP contribution in [0.15, 0.2) is 18.2 Å². The molecule has 0 radical (unpaired) electrons. The predicted octanol–water partition coefficient (Wildman–Crippen LogP) is 1.61. The van der Waals surface area contributed by atoms with Gasteiger partial charge < -0.3 is 19.7 Å². The van der Waals surface area contributed by atoms with E-state index in [0.29, 0.717) is 12.2 Å². The van der Waals surface area contributed by atoms with Gasteiger partial charge in [0.05, 0.1) is 6.10 Å². The first-order chi connectivity index (χ1) is 7.81. The summed E-state index contributed by atoms with van der Waals surface area (Å²) in [6.07, 6.45) is 1.69. The predicted molar refractivity (Wildman–Crippen MR) is 58.5 cm³/mol. The first-order valence-electron chi connectivity index (χ1n) is 5.49. The minimum atomic E-state index is -0.499. The molecular formula is C12H16O4. The van der Waals surface area contributed by atoms with Gasteiger partial charge in [-0.05, 0) is 37.0 Å². The zero-order valence-electron chi connectivity index (χ0n) is 9.06. The van der Waals surface area contributed by atoms with Crippen molar-refractivity contribution in [2.75, 3.05) is 13.4 Å². The summed E-state index contributed by atoms with van der Waals surface area (Å²) in [7, 11) is 0. The van der Waals surface area contributed by atoms with Crippen LogP contribution in [0.2, 0.25) is 0 Å². The van der Waals surface area contributed by atoms with Gasteiger partial charge in [0.1, 0.15) is 0 Å². The van der Waals surface area contributed by atoms with Crippen LogP contribution in [0.5, 0.6) is 11.5 Å². The van der Waals surface area contributed by atoms with Crippen LogP contribution in [0.3, 0.4) is 0 Å². The van der Waals surface area contributed by atoms with Crippen LogP contribution in [0.1, 0.15) is 30.9 Å². The van der Waals surface area contributed by atoms with E-state index < -0.39 is 6.10 Å². The quantitative estimate of drug-likeness (QED) is 0.746. The molecule has 4 heteroatoms. The monoisotopic (exact) mass is 224 g/mol. The van der Waals surface area contributed by atoms with E-state index in [1.807, 2.05) is 18.2 Å². The van der Waals surface area contributed by atoms with Crippen molar-refractivity contribution >= 4 is 0 Å². The van der Waals surface area contributed by atoms with Crippen LogP contribution in [0, 0.1) is 0 Å². The molecule has 0 fully saturated rings. The summed E-state index contributed by atoms with van der Waals surface area (Å²) in [6, 6.07) is 5.47. The van der Waals surface area contributed by atoms with Crippen molar-refractivity contribution < 1.29 is 19.7 Å². The van der Waals surface area contributed by atoms with Gasteiger partial charge in [-0.1, -0.05) is 6.07 Å². The molecule has 4 nitrogen and oxygen atoms in total. The number of fused-ring (bicyclic) bond motifs is 1. The van der Waals surface area contributed by atoms with Crippen LogP contribution in [-0.2, 0) is 0 Å².